The number of carbonyl (C=O) groups is 1. The van der Waals surface area contributed by atoms with Crippen molar-refractivity contribution in [3.05, 3.63) is 12.2 Å². The molecular formula is C14H27NO2. The fourth-order valence-corrected chi connectivity index (χ4v) is 1.66. The molecule has 0 heterocycles. The van der Waals surface area contributed by atoms with Crippen molar-refractivity contribution in [1.82, 2.24) is 5.32 Å². The van der Waals surface area contributed by atoms with Crippen molar-refractivity contribution in [1.29, 1.82) is 0 Å². The second-order valence-corrected chi connectivity index (χ2v) is 4.23. The van der Waals surface area contributed by atoms with Crippen LogP contribution in [0, 0.1) is 5.92 Å². The summed E-state index contributed by atoms with van der Waals surface area (Å²) in [5.74, 6) is 0.498. The number of unbranched alkanes of at least 4 members (excludes halogenated alkanes) is 1. The van der Waals surface area contributed by atoms with Gasteiger partial charge >= 0.3 is 5.97 Å². The number of rotatable bonds is 10. The van der Waals surface area contributed by atoms with Crippen LogP contribution in [0.15, 0.2) is 12.2 Å². The summed E-state index contributed by atoms with van der Waals surface area (Å²) in [6.07, 6.45) is 8.39. The molecule has 0 aliphatic heterocycles. The molecular weight excluding hydrogens is 214 g/mol. The largest absolute Gasteiger partial charge is 0.463 e. The van der Waals surface area contributed by atoms with Gasteiger partial charge in [-0.15, -0.1) is 0 Å². The SMILES string of the molecule is CCCCC(CC)CNC/C=C/C(=O)OCC. The Morgan fingerprint density at radius 3 is 2.71 bits per heavy atom. The summed E-state index contributed by atoms with van der Waals surface area (Å²) in [6.45, 7) is 8.47. The van der Waals surface area contributed by atoms with Crippen molar-refractivity contribution in [2.24, 2.45) is 5.92 Å². The number of hydrogen-bond acceptors (Lipinski definition) is 3. The van der Waals surface area contributed by atoms with Crippen molar-refractivity contribution >= 4 is 5.97 Å². The summed E-state index contributed by atoms with van der Waals surface area (Å²) in [5.41, 5.74) is 0. The number of ether oxygens (including phenoxy) is 1. The first-order valence-electron chi connectivity index (χ1n) is 6.78. The molecule has 0 saturated heterocycles. The first-order chi connectivity index (χ1) is 8.24. The lowest BCUT2D eigenvalue weighted by Crippen LogP contribution is -2.22. The number of esters is 1. The lowest BCUT2D eigenvalue weighted by molar-refractivity contribution is -0.137. The van der Waals surface area contributed by atoms with Gasteiger partial charge in [0.25, 0.3) is 0 Å². The first kappa shape index (κ1) is 16.2. The summed E-state index contributed by atoms with van der Waals surface area (Å²) in [5, 5.41) is 3.35. The van der Waals surface area contributed by atoms with Gasteiger partial charge in [-0.2, -0.15) is 0 Å². The summed E-state index contributed by atoms with van der Waals surface area (Å²) in [7, 11) is 0. The molecule has 0 radical (unpaired) electrons. The Labute approximate surface area is 106 Å². The average molecular weight is 241 g/mol. The van der Waals surface area contributed by atoms with Crippen LogP contribution in [0.25, 0.3) is 0 Å². The predicted octanol–water partition coefficient (Wildman–Crippen LogP) is 2.91. The lowest BCUT2D eigenvalue weighted by atomic mass is 9.99. The van der Waals surface area contributed by atoms with Crippen LogP contribution in [0.5, 0.6) is 0 Å². The van der Waals surface area contributed by atoms with Crippen LogP contribution in [-0.4, -0.2) is 25.7 Å². The van der Waals surface area contributed by atoms with E-state index in [2.05, 4.69) is 19.2 Å². The zero-order chi connectivity index (χ0) is 12.9. The topological polar surface area (TPSA) is 38.3 Å². The Hall–Kier alpha value is -0.830. The molecule has 0 aliphatic carbocycles. The van der Waals surface area contributed by atoms with E-state index < -0.39 is 0 Å². The van der Waals surface area contributed by atoms with Crippen molar-refractivity contribution in [3.63, 3.8) is 0 Å². The standard InChI is InChI=1S/C14H27NO2/c1-4-7-9-13(5-2)12-15-11-8-10-14(16)17-6-3/h8,10,13,15H,4-7,9,11-12H2,1-3H3/b10-8+. The van der Waals surface area contributed by atoms with E-state index in [-0.39, 0.29) is 5.97 Å². The van der Waals surface area contributed by atoms with E-state index in [4.69, 9.17) is 4.74 Å². The molecule has 1 atom stereocenters. The molecule has 0 amide bonds. The Balaban J connectivity index is 3.57. The van der Waals surface area contributed by atoms with E-state index in [1.165, 1.54) is 31.8 Å². The normalized spacial score (nSPS) is 12.9. The zero-order valence-electron chi connectivity index (χ0n) is 11.5. The van der Waals surface area contributed by atoms with Crippen molar-refractivity contribution < 1.29 is 9.53 Å². The maximum absolute atomic E-state index is 11.0. The first-order valence-corrected chi connectivity index (χ1v) is 6.78. The van der Waals surface area contributed by atoms with Gasteiger partial charge in [0.05, 0.1) is 6.61 Å². The third kappa shape index (κ3) is 10.1. The zero-order valence-corrected chi connectivity index (χ0v) is 11.5. The van der Waals surface area contributed by atoms with E-state index in [1.54, 1.807) is 0 Å². The molecule has 100 valence electrons. The maximum atomic E-state index is 11.0. The van der Waals surface area contributed by atoms with Gasteiger partial charge in [-0.05, 0) is 25.8 Å². The third-order valence-corrected chi connectivity index (χ3v) is 2.78. The smallest absolute Gasteiger partial charge is 0.330 e. The molecule has 1 unspecified atom stereocenters. The molecule has 0 fully saturated rings. The molecule has 0 bridgehead atoms. The minimum atomic E-state index is -0.257. The predicted molar refractivity (Wildman–Crippen MR) is 71.9 cm³/mol. The number of carbonyl (C=O) groups excluding carboxylic acids is 1. The molecule has 0 saturated carbocycles. The Bertz CT molecular complexity index is 214. The van der Waals surface area contributed by atoms with Crippen LogP contribution >= 0.6 is 0 Å². The van der Waals surface area contributed by atoms with E-state index in [1.807, 2.05) is 13.0 Å². The van der Waals surface area contributed by atoms with E-state index in [0.29, 0.717) is 6.61 Å². The van der Waals surface area contributed by atoms with Gasteiger partial charge in [0.15, 0.2) is 0 Å². The van der Waals surface area contributed by atoms with Gasteiger partial charge in [0, 0.05) is 12.6 Å². The molecule has 3 nitrogen and oxygen atoms in total. The Kier molecular flexibility index (Phi) is 11.1. The Morgan fingerprint density at radius 1 is 1.35 bits per heavy atom. The highest BCUT2D eigenvalue weighted by Gasteiger charge is 2.03. The van der Waals surface area contributed by atoms with Crippen molar-refractivity contribution in [2.45, 2.75) is 46.5 Å². The van der Waals surface area contributed by atoms with Crippen LogP contribution in [0.1, 0.15) is 46.5 Å². The second kappa shape index (κ2) is 11.6. The summed E-state index contributed by atoms with van der Waals surface area (Å²) < 4.78 is 4.79. The van der Waals surface area contributed by atoms with Gasteiger partial charge in [-0.3, -0.25) is 0 Å². The van der Waals surface area contributed by atoms with E-state index in [9.17, 15) is 4.79 Å². The van der Waals surface area contributed by atoms with Crippen LogP contribution in [0.4, 0.5) is 0 Å². The van der Waals surface area contributed by atoms with Gasteiger partial charge < -0.3 is 10.1 Å². The Morgan fingerprint density at radius 2 is 2.12 bits per heavy atom. The molecule has 0 aliphatic rings. The molecule has 1 N–H and O–H groups in total. The molecule has 0 spiro atoms. The molecule has 0 rings (SSSR count). The average Bonchev–Trinajstić information content (AvgIpc) is 2.33. The monoisotopic (exact) mass is 241 g/mol. The highest BCUT2D eigenvalue weighted by Crippen LogP contribution is 2.10. The van der Waals surface area contributed by atoms with Gasteiger partial charge in [-0.1, -0.05) is 39.2 Å². The minimum absolute atomic E-state index is 0.257. The van der Waals surface area contributed by atoms with Crippen LogP contribution < -0.4 is 5.32 Å². The maximum Gasteiger partial charge on any atom is 0.330 e. The number of nitrogens with one attached hydrogen (secondary N) is 1. The molecule has 0 aromatic rings. The lowest BCUT2D eigenvalue weighted by Gasteiger charge is -2.14. The summed E-state index contributed by atoms with van der Waals surface area (Å²) in [4.78, 5) is 11.0. The van der Waals surface area contributed by atoms with Gasteiger partial charge in [-0.25, -0.2) is 4.79 Å². The van der Waals surface area contributed by atoms with E-state index >= 15 is 0 Å². The van der Waals surface area contributed by atoms with Crippen molar-refractivity contribution in [3.8, 4) is 0 Å². The fraction of sp³-hybridized carbons (Fsp3) is 0.786. The van der Waals surface area contributed by atoms with Crippen LogP contribution in [-0.2, 0) is 9.53 Å². The third-order valence-electron chi connectivity index (χ3n) is 2.78. The molecule has 0 aromatic carbocycles. The summed E-state index contributed by atoms with van der Waals surface area (Å²) in [6, 6.07) is 0. The molecule has 17 heavy (non-hydrogen) atoms. The van der Waals surface area contributed by atoms with E-state index in [0.717, 1.165) is 19.0 Å². The van der Waals surface area contributed by atoms with Gasteiger partial charge in [0.2, 0.25) is 0 Å². The molecule has 3 heteroatoms. The van der Waals surface area contributed by atoms with Crippen molar-refractivity contribution in [2.75, 3.05) is 19.7 Å². The highest BCUT2D eigenvalue weighted by atomic mass is 16.5. The van der Waals surface area contributed by atoms with Crippen LogP contribution in [0.2, 0.25) is 0 Å². The summed E-state index contributed by atoms with van der Waals surface area (Å²) >= 11 is 0. The van der Waals surface area contributed by atoms with Gasteiger partial charge in [0.1, 0.15) is 0 Å². The minimum Gasteiger partial charge on any atom is -0.463 e. The second-order valence-electron chi connectivity index (χ2n) is 4.23. The quantitative estimate of drug-likeness (QED) is 0.363. The fourth-order valence-electron chi connectivity index (χ4n) is 1.66. The molecule has 0 aromatic heterocycles. The van der Waals surface area contributed by atoms with Crippen LogP contribution in [0.3, 0.4) is 0 Å². The highest BCUT2D eigenvalue weighted by molar-refractivity contribution is 5.81. The number of hydrogen-bond donors (Lipinski definition) is 1.